The van der Waals surface area contributed by atoms with Crippen molar-refractivity contribution in [3.8, 4) is 0 Å². The Balaban J connectivity index is 1.84. The second kappa shape index (κ2) is 30.9. The SMILES string of the molecule is CCCCC[C@@H]1NC(=O)[C@H](CC(C)C)N(C)C(=O)[C@H](Cc2ccc(F)cc2)NC(=O)[C@H](C)N(C)C(=O)[C@@H](C)N(C)C(=O)[C@H](Cc2cscn2)NC(=O)[C@H](C)N(C)C(=O)CNC(=O)[C@H]2CCCN2C(=O)[C@H](CC(CC)CC)N(C)C1=O. The Morgan fingerprint density at radius 3 is 1.75 bits per heavy atom. The zero-order chi connectivity index (χ0) is 59.7. The molecule has 80 heavy (non-hydrogen) atoms. The highest BCUT2D eigenvalue weighted by Gasteiger charge is 2.43. The molecule has 0 bridgehead atoms. The number of carbonyl (C=O) groups excluding carboxylic acids is 10. The molecular weight excluding hydrogens is 1050 g/mol. The minimum Gasteiger partial charge on any atom is -0.345 e. The average molecular weight is 1140 g/mol. The molecule has 0 radical (unpaired) electrons. The summed E-state index contributed by atoms with van der Waals surface area (Å²) in [6.45, 7) is 13.8. The molecule has 2 saturated heterocycles. The van der Waals surface area contributed by atoms with Gasteiger partial charge in [0.1, 0.15) is 60.2 Å². The maximum Gasteiger partial charge on any atom is 0.246 e. The van der Waals surface area contributed by atoms with Crippen molar-refractivity contribution < 1.29 is 52.3 Å². The first-order valence-corrected chi connectivity index (χ1v) is 29.1. The molecule has 2 aromatic rings. The van der Waals surface area contributed by atoms with Crippen LogP contribution in [0.2, 0.25) is 0 Å². The highest BCUT2D eigenvalue weighted by Crippen LogP contribution is 2.26. The van der Waals surface area contributed by atoms with E-state index in [2.05, 4.69) is 26.3 Å². The third-order valence-electron chi connectivity index (χ3n) is 16.0. The van der Waals surface area contributed by atoms with Crippen molar-refractivity contribution in [2.24, 2.45) is 11.8 Å². The molecule has 0 saturated carbocycles. The molecular formula is C57H88FN11O10S. The normalized spacial score (nSPS) is 25.8. The highest BCUT2D eigenvalue weighted by atomic mass is 32.1. The van der Waals surface area contributed by atoms with Crippen molar-refractivity contribution in [3.05, 3.63) is 52.2 Å². The molecule has 3 heterocycles. The van der Waals surface area contributed by atoms with Gasteiger partial charge in [-0.2, -0.15) is 0 Å². The molecule has 0 aliphatic carbocycles. The number of likely N-dealkylation sites (N-methyl/N-ethyl adjacent to an activating group) is 5. The molecule has 2 fully saturated rings. The van der Waals surface area contributed by atoms with Crippen molar-refractivity contribution in [2.75, 3.05) is 48.3 Å². The topological polar surface area (TPSA) is 251 Å². The number of nitrogens with zero attached hydrogens (tertiary/aromatic N) is 7. The van der Waals surface area contributed by atoms with E-state index in [0.29, 0.717) is 36.9 Å². The number of rotatable bonds is 14. The van der Waals surface area contributed by atoms with Crippen LogP contribution in [0.15, 0.2) is 35.2 Å². The number of hydrogen-bond acceptors (Lipinski definition) is 12. The molecule has 9 atom stereocenters. The number of thiazole rings is 1. The number of halogens is 1. The van der Waals surface area contributed by atoms with Gasteiger partial charge in [-0.25, -0.2) is 9.37 Å². The molecule has 1 aromatic carbocycles. The number of unbranched alkanes of at least 4 members (excludes halogenated alkanes) is 2. The lowest BCUT2D eigenvalue weighted by atomic mass is 9.92. The van der Waals surface area contributed by atoms with Gasteiger partial charge < -0.3 is 50.7 Å². The van der Waals surface area contributed by atoms with Crippen LogP contribution in [-0.2, 0) is 60.8 Å². The fourth-order valence-electron chi connectivity index (χ4n) is 10.1. The van der Waals surface area contributed by atoms with Gasteiger partial charge in [0.05, 0.1) is 17.7 Å². The zero-order valence-corrected chi connectivity index (χ0v) is 50.0. The Bertz CT molecular complexity index is 2460. The van der Waals surface area contributed by atoms with Gasteiger partial charge in [-0.15, -0.1) is 11.3 Å². The maximum absolute atomic E-state index is 15.0. The molecule has 4 rings (SSSR count). The first kappa shape index (κ1) is 66.0. The van der Waals surface area contributed by atoms with Crippen molar-refractivity contribution in [1.29, 1.82) is 0 Å². The van der Waals surface area contributed by atoms with Crippen molar-refractivity contribution >= 4 is 70.4 Å². The number of nitrogens with one attached hydrogen (secondary N) is 4. The molecule has 21 nitrogen and oxygen atoms in total. The summed E-state index contributed by atoms with van der Waals surface area (Å²) in [6.07, 6.45) is 4.61. The summed E-state index contributed by atoms with van der Waals surface area (Å²) in [5, 5.41) is 12.9. The molecule has 2 aliphatic rings. The minimum absolute atomic E-state index is 0.00451. The van der Waals surface area contributed by atoms with Crippen LogP contribution in [0.25, 0.3) is 0 Å². The lowest BCUT2D eigenvalue weighted by molar-refractivity contribution is -0.150. The van der Waals surface area contributed by atoms with Crippen LogP contribution in [0.4, 0.5) is 4.39 Å². The highest BCUT2D eigenvalue weighted by molar-refractivity contribution is 7.07. The van der Waals surface area contributed by atoms with Crippen LogP contribution in [0.3, 0.4) is 0 Å². The first-order chi connectivity index (χ1) is 37.8. The molecule has 4 N–H and O–H groups in total. The van der Waals surface area contributed by atoms with Gasteiger partial charge in [0.25, 0.3) is 0 Å². The second-order valence-corrected chi connectivity index (χ2v) is 22.7. The van der Waals surface area contributed by atoms with Gasteiger partial charge in [-0.05, 0) is 82.4 Å². The van der Waals surface area contributed by atoms with Crippen LogP contribution in [-0.4, -0.2) is 196 Å². The molecule has 10 amide bonds. The summed E-state index contributed by atoms with van der Waals surface area (Å²) in [4.78, 5) is 156. The molecule has 2 aliphatic heterocycles. The second-order valence-electron chi connectivity index (χ2n) is 22.0. The quantitative estimate of drug-likeness (QED) is 0.200. The van der Waals surface area contributed by atoms with Crippen LogP contribution in [0, 0.1) is 17.7 Å². The lowest BCUT2D eigenvalue weighted by Crippen LogP contribution is -2.61. The predicted molar refractivity (Wildman–Crippen MR) is 302 cm³/mol. The summed E-state index contributed by atoms with van der Waals surface area (Å²) in [5.74, 6) is -7.07. The minimum atomic E-state index is -1.36. The number of hydrogen-bond donors (Lipinski definition) is 4. The van der Waals surface area contributed by atoms with Gasteiger partial charge in [-0.3, -0.25) is 47.9 Å². The van der Waals surface area contributed by atoms with E-state index in [4.69, 9.17) is 0 Å². The van der Waals surface area contributed by atoms with Crippen LogP contribution < -0.4 is 21.3 Å². The number of amides is 10. The molecule has 0 unspecified atom stereocenters. The van der Waals surface area contributed by atoms with Crippen molar-refractivity contribution in [2.45, 2.75) is 187 Å². The Hall–Kier alpha value is -6.52. The zero-order valence-electron chi connectivity index (χ0n) is 49.2. The van der Waals surface area contributed by atoms with Gasteiger partial charge in [0, 0.05) is 60.0 Å². The fourth-order valence-corrected chi connectivity index (χ4v) is 10.7. The molecule has 444 valence electrons. The van der Waals surface area contributed by atoms with Crippen molar-refractivity contribution in [3.63, 3.8) is 0 Å². The van der Waals surface area contributed by atoms with Gasteiger partial charge >= 0.3 is 0 Å². The smallest absolute Gasteiger partial charge is 0.246 e. The lowest BCUT2D eigenvalue weighted by Gasteiger charge is -2.37. The van der Waals surface area contributed by atoms with E-state index in [1.165, 1.54) is 106 Å². The maximum atomic E-state index is 15.0. The summed E-state index contributed by atoms with van der Waals surface area (Å²) in [7, 11) is 7.07. The number of fused-ring (bicyclic) bond motifs is 1. The third-order valence-corrected chi connectivity index (χ3v) is 16.6. The van der Waals surface area contributed by atoms with Gasteiger partial charge in [0.2, 0.25) is 59.1 Å². The average Bonchev–Trinajstić information content (AvgIpc) is 4.17. The Labute approximate surface area is 475 Å². The van der Waals surface area contributed by atoms with E-state index in [0.717, 1.165) is 27.5 Å². The predicted octanol–water partition coefficient (Wildman–Crippen LogP) is 3.29. The monoisotopic (exact) mass is 1140 g/mol. The number of carbonyl (C=O) groups is 10. The van der Waals surface area contributed by atoms with E-state index in [-0.39, 0.29) is 56.9 Å². The van der Waals surface area contributed by atoms with E-state index in [1.54, 1.807) is 10.9 Å². The summed E-state index contributed by atoms with van der Waals surface area (Å²) >= 11 is 1.27. The Morgan fingerprint density at radius 1 is 0.625 bits per heavy atom. The van der Waals surface area contributed by atoms with E-state index >= 15 is 4.79 Å². The first-order valence-electron chi connectivity index (χ1n) is 28.2. The Kier molecular flexibility index (Phi) is 25.5. The molecule has 0 spiro atoms. The van der Waals surface area contributed by atoms with Crippen LogP contribution in [0.1, 0.15) is 131 Å². The summed E-state index contributed by atoms with van der Waals surface area (Å²) in [6, 6.07) is -5.24. The van der Waals surface area contributed by atoms with Crippen LogP contribution >= 0.6 is 11.3 Å². The molecule has 23 heteroatoms. The van der Waals surface area contributed by atoms with Crippen LogP contribution in [0.5, 0.6) is 0 Å². The van der Waals surface area contributed by atoms with E-state index < -0.39 is 126 Å². The fraction of sp³-hybridized carbons (Fsp3) is 0.667. The standard InChI is InChI=1S/C57H88FN11O10S/c1-14-17-18-20-42-54(76)68(13)47(29-38(15-2)16-3)57(79)69-26-19-21-45(69)51(73)59-31-48(70)64(9)35(6)49(71)63-44(30-41-32-80-33-60-41)55(77)66(11)37(8)53(75)65(10)36(7)50(72)62-43(28-39-22-24-40(58)25-23-39)56(78)67(12)46(27-34(4)5)52(74)61-42/h22-25,32-38,42-47H,14-21,26-31H2,1-13H3,(H,59,73)(H,61,74)(H,62,72)(H,63,71)/t35-,36-,37+,42-,43-,44-,45+,46-,47-/m0/s1. The van der Waals surface area contributed by atoms with E-state index in [1.807, 2.05) is 34.6 Å². The van der Waals surface area contributed by atoms with Gasteiger partial charge in [-0.1, -0.05) is 78.9 Å². The third kappa shape index (κ3) is 17.5. The van der Waals surface area contributed by atoms with Gasteiger partial charge in [0.15, 0.2) is 0 Å². The summed E-state index contributed by atoms with van der Waals surface area (Å²) < 4.78 is 14.2. The largest absolute Gasteiger partial charge is 0.345 e. The number of benzene rings is 1. The van der Waals surface area contributed by atoms with E-state index in [9.17, 15) is 47.5 Å². The molecule has 1 aromatic heterocycles. The summed E-state index contributed by atoms with van der Waals surface area (Å²) in [5.41, 5.74) is 2.50. The van der Waals surface area contributed by atoms with Crippen molar-refractivity contribution in [1.82, 2.24) is 55.7 Å². The number of aromatic nitrogens is 1. The Morgan fingerprint density at radius 2 is 1.18 bits per heavy atom.